The molecule has 4 aliphatic carbocycles. The Morgan fingerprint density at radius 3 is 2.76 bits per heavy atom. The molecule has 2 fully saturated rings. The summed E-state index contributed by atoms with van der Waals surface area (Å²) in [5, 5.41) is 0. The van der Waals surface area contributed by atoms with Crippen LogP contribution in [0.5, 0.6) is 0 Å². The van der Waals surface area contributed by atoms with E-state index >= 15 is 0 Å². The molecule has 4 atom stereocenters. The molecular formula is C24H29Br. The van der Waals surface area contributed by atoms with Crippen molar-refractivity contribution in [2.45, 2.75) is 64.2 Å². The van der Waals surface area contributed by atoms with Crippen LogP contribution in [0.25, 0.3) is 0 Å². The zero-order chi connectivity index (χ0) is 16.9. The minimum Gasteiger partial charge on any atom is -0.0841 e. The van der Waals surface area contributed by atoms with Crippen molar-refractivity contribution in [3.05, 3.63) is 57.6 Å². The Kier molecular flexibility index (Phi) is 4.19. The van der Waals surface area contributed by atoms with Crippen LogP contribution in [0.15, 0.2) is 52.0 Å². The van der Waals surface area contributed by atoms with Crippen LogP contribution < -0.4 is 0 Å². The molecule has 0 radical (unpaired) electrons. The Balaban J connectivity index is 1.45. The largest absolute Gasteiger partial charge is 0.0841 e. The fourth-order valence-corrected chi connectivity index (χ4v) is 6.96. The van der Waals surface area contributed by atoms with Gasteiger partial charge in [0.2, 0.25) is 0 Å². The summed E-state index contributed by atoms with van der Waals surface area (Å²) in [5.74, 6) is 2.62. The van der Waals surface area contributed by atoms with Gasteiger partial charge in [-0.15, -0.1) is 0 Å². The Morgan fingerprint density at radius 1 is 1.00 bits per heavy atom. The maximum Gasteiger partial charge on any atom is 0.0175 e. The van der Waals surface area contributed by atoms with E-state index in [1.807, 2.05) is 5.57 Å². The van der Waals surface area contributed by atoms with Gasteiger partial charge in [0.25, 0.3) is 0 Å². The molecule has 0 amide bonds. The van der Waals surface area contributed by atoms with E-state index in [2.05, 4.69) is 52.3 Å². The topological polar surface area (TPSA) is 0 Å². The highest BCUT2D eigenvalue weighted by Crippen LogP contribution is 2.60. The summed E-state index contributed by atoms with van der Waals surface area (Å²) in [5.41, 5.74) is 5.75. The predicted molar refractivity (Wildman–Crippen MR) is 108 cm³/mol. The third-order valence-electron chi connectivity index (χ3n) is 7.80. The Bertz CT molecular complexity index is 710. The van der Waals surface area contributed by atoms with Crippen LogP contribution in [0, 0.1) is 23.2 Å². The van der Waals surface area contributed by atoms with Crippen molar-refractivity contribution in [1.82, 2.24) is 0 Å². The quantitative estimate of drug-likeness (QED) is 0.461. The summed E-state index contributed by atoms with van der Waals surface area (Å²) in [7, 11) is 0. The van der Waals surface area contributed by atoms with Crippen LogP contribution in [0.1, 0.15) is 63.4 Å². The van der Waals surface area contributed by atoms with Crippen LogP contribution in [0.4, 0.5) is 0 Å². The van der Waals surface area contributed by atoms with Crippen molar-refractivity contribution in [2.24, 2.45) is 23.2 Å². The first-order valence-corrected chi connectivity index (χ1v) is 11.2. The van der Waals surface area contributed by atoms with Gasteiger partial charge in [-0.05, 0) is 86.3 Å². The molecule has 0 saturated heterocycles. The van der Waals surface area contributed by atoms with E-state index in [0.29, 0.717) is 5.41 Å². The average molecular weight is 397 g/mol. The molecule has 132 valence electrons. The second kappa shape index (κ2) is 6.41. The molecule has 0 aliphatic heterocycles. The van der Waals surface area contributed by atoms with Crippen molar-refractivity contribution in [1.29, 1.82) is 0 Å². The normalized spacial score (nSPS) is 36.8. The standard InChI is InChI=1S/C24H29Br/c25-19-10-7-17(8-11-19)16-24-14-3-6-23(24)22-12-9-18-4-1-2-5-20(18)21(22)13-15-24/h7-11,13,20,22-23H,1-6,12,14-16H2/t20-,22+,23-,24-/m0/s1. The van der Waals surface area contributed by atoms with Crippen molar-refractivity contribution < 1.29 is 0 Å². The highest BCUT2D eigenvalue weighted by molar-refractivity contribution is 9.10. The zero-order valence-corrected chi connectivity index (χ0v) is 16.7. The van der Waals surface area contributed by atoms with Gasteiger partial charge in [0.05, 0.1) is 0 Å². The van der Waals surface area contributed by atoms with Crippen molar-refractivity contribution in [3.8, 4) is 0 Å². The molecule has 0 bridgehead atoms. The lowest BCUT2D eigenvalue weighted by atomic mass is 9.56. The molecule has 5 rings (SSSR count). The third kappa shape index (κ3) is 2.78. The lowest BCUT2D eigenvalue weighted by Crippen LogP contribution is -2.40. The van der Waals surface area contributed by atoms with Crippen LogP contribution in [-0.4, -0.2) is 0 Å². The predicted octanol–water partition coefficient (Wildman–Crippen LogP) is 7.24. The van der Waals surface area contributed by atoms with E-state index < -0.39 is 0 Å². The molecule has 2 saturated carbocycles. The zero-order valence-electron chi connectivity index (χ0n) is 15.1. The molecule has 0 unspecified atom stereocenters. The number of fused-ring (bicyclic) bond motifs is 5. The fraction of sp³-hybridized carbons (Fsp3) is 0.583. The first-order valence-electron chi connectivity index (χ1n) is 10.4. The lowest BCUT2D eigenvalue weighted by Gasteiger charge is -2.49. The first kappa shape index (κ1) is 16.4. The van der Waals surface area contributed by atoms with Gasteiger partial charge in [-0.3, -0.25) is 0 Å². The Morgan fingerprint density at radius 2 is 1.88 bits per heavy atom. The van der Waals surface area contributed by atoms with Crippen molar-refractivity contribution >= 4 is 15.9 Å². The minimum atomic E-state index is 0.544. The van der Waals surface area contributed by atoms with Crippen molar-refractivity contribution in [3.63, 3.8) is 0 Å². The van der Waals surface area contributed by atoms with E-state index in [-0.39, 0.29) is 0 Å². The van der Waals surface area contributed by atoms with Crippen molar-refractivity contribution in [2.75, 3.05) is 0 Å². The van der Waals surface area contributed by atoms with Gasteiger partial charge >= 0.3 is 0 Å². The summed E-state index contributed by atoms with van der Waals surface area (Å²) in [6.07, 6.45) is 19.4. The van der Waals surface area contributed by atoms with E-state index in [1.54, 1.807) is 5.57 Å². The summed E-state index contributed by atoms with van der Waals surface area (Å²) in [6.45, 7) is 0. The maximum absolute atomic E-state index is 3.59. The smallest absolute Gasteiger partial charge is 0.0175 e. The number of allylic oxidation sites excluding steroid dienone is 4. The number of halogens is 1. The maximum atomic E-state index is 3.59. The van der Waals surface area contributed by atoms with E-state index in [1.165, 1.54) is 74.2 Å². The van der Waals surface area contributed by atoms with Gasteiger partial charge in [0, 0.05) is 10.4 Å². The van der Waals surface area contributed by atoms with Gasteiger partial charge in [-0.2, -0.15) is 0 Å². The SMILES string of the molecule is Brc1ccc(C[C@]23CC=C4[C@H]5CCCCC5=CC[C@H]4[C@@H]2CCC3)cc1. The molecule has 0 aromatic heterocycles. The molecule has 0 spiro atoms. The van der Waals surface area contributed by atoms with E-state index in [4.69, 9.17) is 0 Å². The number of hydrogen-bond acceptors (Lipinski definition) is 0. The second-order valence-corrected chi connectivity index (χ2v) is 9.91. The summed E-state index contributed by atoms with van der Waals surface area (Å²) in [6, 6.07) is 9.12. The minimum absolute atomic E-state index is 0.544. The molecule has 0 nitrogen and oxygen atoms in total. The van der Waals surface area contributed by atoms with E-state index in [9.17, 15) is 0 Å². The van der Waals surface area contributed by atoms with Gasteiger partial charge in [-0.1, -0.05) is 64.2 Å². The highest BCUT2D eigenvalue weighted by Gasteiger charge is 2.50. The Labute approximate surface area is 160 Å². The molecule has 25 heavy (non-hydrogen) atoms. The molecule has 0 N–H and O–H groups in total. The molecule has 0 heterocycles. The van der Waals surface area contributed by atoms with Gasteiger partial charge in [0.1, 0.15) is 0 Å². The van der Waals surface area contributed by atoms with E-state index in [0.717, 1.165) is 17.8 Å². The number of benzene rings is 1. The summed E-state index contributed by atoms with van der Waals surface area (Å²) in [4.78, 5) is 0. The molecular weight excluding hydrogens is 368 g/mol. The average Bonchev–Trinajstić information content (AvgIpc) is 3.07. The third-order valence-corrected chi connectivity index (χ3v) is 8.32. The van der Waals surface area contributed by atoms with Crippen LogP contribution in [-0.2, 0) is 6.42 Å². The summed E-state index contributed by atoms with van der Waals surface area (Å²) < 4.78 is 1.20. The molecule has 4 aliphatic rings. The number of hydrogen-bond donors (Lipinski definition) is 0. The van der Waals surface area contributed by atoms with Crippen LogP contribution in [0.3, 0.4) is 0 Å². The van der Waals surface area contributed by atoms with Gasteiger partial charge < -0.3 is 0 Å². The highest BCUT2D eigenvalue weighted by atomic mass is 79.9. The summed E-state index contributed by atoms with van der Waals surface area (Å²) >= 11 is 3.59. The Hall–Kier alpha value is -0.820. The van der Waals surface area contributed by atoms with Crippen LogP contribution >= 0.6 is 15.9 Å². The lowest BCUT2D eigenvalue weighted by molar-refractivity contribution is 0.126. The molecule has 1 heteroatoms. The fourth-order valence-electron chi connectivity index (χ4n) is 6.69. The number of rotatable bonds is 2. The first-order chi connectivity index (χ1) is 12.3. The molecule has 1 aromatic rings. The van der Waals surface area contributed by atoms with Gasteiger partial charge in [-0.25, -0.2) is 0 Å². The monoisotopic (exact) mass is 396 g/mol. The second-order valence-electron chi connectivity index (χ2n) is 8.99. The molecule has 1 aromatic carbocycles. The van der Waals surface area contributed by atoms with Crippen LogP contribution in [0.2, 0.25) is 0 Å². The van der Waals surface area contributed by atoms with Gasteiger partial charge in [0.15, 0.2) is 0 Å².